The zero-order valence-corrected chi connectivity index (χ0v) is 12.6. The van der Waals surface area contributed by atoms with Gasteiger partial charge in [0.05, 0.1) is 11.6 Å². The van der Waals surface area contributed by atoms with Crippen molar-refractivity contribution < 1.29 is 9.90 Å². The molecule has 4 nitrogen and oxygen atoms in total. The molecule has 3 rings (SSSR count). The molecule has 0 radical (unpaired) electrons. The normalized spacial score (nSPS) is 19.4. The van der Waals surface area contributed by atoms with E-state index in [-0.39, 0.29) is 11.9 Å². The molecule has 1 fully saturated rings. The summed E-state index contributed by atoms with van der Waals surface area (Å²) in [6.07, 6.45) is 3.80. The van der Waals surface area contributed by atoms with Gasteiger partial charge in [-0.1, -0.05) is 18.2 Å². The minimum atomic E-state index is -0.842. The van der Waals surface area contributed by atoms with Crippen molar-refractivity contribution in [2.45, 2.75) is 44.9 Å². The third kappa shape index (κ3) is 2.68. The molecule has 1 aromatic carbocycles. The molecule has 0 saturated carbocycles. The molecule has 0 aliphatic carbocycles. The third-order valence-electron chi connectivity index (χ3n) is 4.37. The first-order chi connectivity index (χ1) is 9.97. The number of benzene rings is 1. The number of likely N-dealkylation sites (tertiary alicyclic amines) is 1. The van der Waals surface area contributed by atoms with Gasteiger partial charge in [-0.3, -0.25) is 4.79 Å². The van der Waals surface area contributed by atoms with Crippen LogP contribution in [0.4, 0.5) is 0 Å². The molecule has 0 bridgehead atoms. The van der Waals surface area contributed by atoms with E-state index < -0.39 is 5.60 Å². The standard InChI is InChI=1S/C17H22N2O2/c1-17(2,21)15-8-5-10-19(15)16(20)12-18-11-9-13-6-3-4-7-14(13)18/h3-4,6-7,9,11,15,21H,5,8,10,12H2,1-2H3. The summed E-state index contributed by atoms with van der Waals surface area (Å²) >= 11 is 0. The summed E-state index contributed by atoms with van der Waals surface area (Å²) in [5, 5.41) is 11.4. The van der Waals surface area contributed by atoms with Crippen LogP contribution < -0.4 is 0 Å². The molecule has 1 saturated heterocycles. The molecule has 1 amide bonds. The molecule has 1 aliphatic heterocycles. The number of hydrogen-bond acceptors (Lipinski definition) is 2. The highest BCUT2D eigenvalue weighted by molar-refractivity contribution is 5.83. The van der Waals surface area contributed by atoms with Gasteiger partial charge in [-0.25, -0.2) is 0 Å². The quantitative estimate of drug-likeness (QED) is 0.941. The molecule has 1 atom stereocenters. The fraction of sp³-hybridized carbons (Fsp3) is 0.471. The molecule has 21 heavy (non-hydrogen) atoms. The number of amides is 1. The van der Waals surface area contributed by atoms with Gasteiger partial charge in [-0.2, -0.15) is 0 Å². The zero-order chi connectivity index (χ0) is 15.0. The van der Waals surface area contributed by atoms with Crippen LogP contribution in [0.25, 0.3) is 10.9 Å². The summed E-state index contributed by atoms with van der Waals surface area (Å²) in [5.74, 6) is 0.0842. The average molecular weight is 286 g/mol. The van der Waals surface area contributed by atoms with Crippen molar-refractivity contribution in [3.8, 4) is 0 Å². The van der Waals surface area contributed by atoms with E-state index in [9.17, 15) is 9.90 Å². The van der Waals surface area contributed by atoms with Crippen molar-refractivity contribution in [3.63, 3.8) is 0 Å². The summed E-state index contributed by atoms with van der Waals surface area (Å²) in [5.41, 5.74) is 0.232. The van der Waals surface area contributed by atoms with E-state index in [1.54, 1.807) is 13.8 Å². The number of aromatic nitrogens is 1. The van der Waals surface area contributed by atoms with E-state index in [1.807, 2.05) is 46.0 Å². The molecule has 1 aliphatic rings. The number of carbonyl (C=O) groups excluding carboxylic acids is 1. The van der Waals surface area contributed by atoms with Crippen molar-refractivity contribution in [2.75, 3.05) is 6.54 Å². The topological polar surface area (TPSA) is 45.5 Å². The van der Waals surface area contributed by atoms with Gasteiger partial charge in [-0.05, 0) is 44.2 Å². The van der Waals surface area contributed by atoms with Gasteiger partial charge >= 0.3 is 0 Å². The van der Waals surface area contributed by atoms with Gasteiger partial charge < -0.3 is 14.6 Å². The SMILES string of the molecule is CC(C)(O)C1CCCN1C(=O)Cn1ccc2ccccc21. The lowest BCUT2D eigenvalue weighted by Crippen LogP contribution is -2.49. The minimum absolute atomic E-state index is 0.0770. The van der Waals surface area contributed by atoms with E-state index in [2.05, 4.69) is 0 Å². The summed E-state index contributed by atoms with van der Waals surface area (Å²) in [7, 11) is 0. The molecule has 2 aromatic rings. The Balaban J connectivity index is 1.80. The van der Waals surface area contributed by atoms with Crippen LogP contribution in [0.2, 0.25) is 0 Å². The van der Waals surface area contributed by atoms with E-state index in [0.29, 0.717) is 6.54 Å². The highest BCUT2D eigenvalue weighted by atomic mass is 16.3. The first-order valence-corrected chi connectivity index (χ1v) is 7.52. The van der Waals surface area contributed by atoms with Crippen molar-refractivity contribution in [1.82, 2.24) is 9.47 Å². The monoisotopic (exact) mass is 286 g/mol. The second kappa shape index (κ2) is 5.19. The Morgan fingerprint density at radius 2 is 2.10 bits per heavy atom. The van der Waals surface area contributed by atoms with Crippen LogP contribution in [0, 0.1) is 0 Å². The van der Waals surface area contributed by atoms with E-state index in [1.165, 1.54) is 0 Å². The Bertz CT molecular complexity index is 654. The maximum atomic E-state index is 12.6. The predicted octanol–water partition coefficient (Wildman–Crippen LogP) is 2.40. The summed E-state index contributed by atoms with van der Waals surface area (Å²) in [4.78, 5) is 14.4. The Hall–Kier alpha value is -1.81. The van der Waals surface area contributed by atoms with Crippen LogP contribution in [0.5, 0.6) is 0 Å². The number of fused-ring (bicyclic) bond motifs is 1. The zero-order valence-electron chi connectivity index (χ0n) is 12.6. The van der Waals surface area contributed by atoms with Gasteiger partial charge in [-0.15, -0.1) is 0 Å². The largest absolute Gasteiger partial charge is 0.388 e. The molecule has 2 heterocycles. The van der Waals surface area contributed by atoms with Crippen LogP contribution in [-0.2, 0) is 11.3 Å². The fourth-order valence-corrected chi connectivity index (χ4v) is 3.31. The van der Waals surface area contributed by atoms with Gasteiger partial charge in [0, 0.05) is 18.3 Å². The Morgan fingerprint density at radius 1 is 1.33 bits per heavy atom. The molecular formula is C17H22N2O2. The van der Waals surface area contributed by atoms with Crippen molar-refractivity contribution in [3.05, 3.63) is 36.5 Å². The lowest BCUT2D eigenvalue weighted by molar-refractivity contribution is -0.137. The van der Waals surface area contributed by atoms with Gasteiger partial charge in [0.2, 0.25) is 5.91 Å². The number of aliphatic hydroxyl groups is 1. The van der Waals surface area contributed by atoms with Crippen LogP contribution in [0.3, 0.4) is 0 Å². The number of para-hydroxylation sites is 1. The van der Waals surface area contributed by atoms with E-state index >= 15 is 0 Å². The van der Waals surface area contributed by atoms with Gasteiger partial charge in [0.15, 0.2) is 0 Å². The third-order valence-corrected chi connectivity index (χ3v) is 4.37. The Morgan fingerprint density at radius 3 is 2.86 bits per heavy atom. The molecule has 1 unspecified atom stereocenters. The molecule has 4 heteroatoms. The molecule has 112 valence electrons. The summed E-state index contributed by atoms with van der Waals surface area (Å²) in [6.45, 7) is 4.65. The van der Waals surface area contributed by atoms with Crippen molar-refractivity contribution in [2.24, 2.45) is 0 Å². The minimum Gasteiger partial charge on any atom is -0.388 e. The van der Waals surface area contributed by atoms with Crippen LogP contribution in [0.1, 0.15) is 26.7 Å². The highest BCUT2D eigenvalue weighted by Crippen LogP contribution is 2.27. The molecule has 0 spiro atoms. The molecule has 1 aromatic heterocycles. The lowest BCUT2D eigenvalue weighted by atomic mass is 9.96. The predicted molar refractivity (Wildman–Crippen MR) is 83.0 cm³/mol. The number of hydrogen-bond donors (Lipinski definition) is 1. The van der Waals surface area contributed by atoms with Crippen LogP contribution in [-0.4, -0.2) is 38.7 Å². The molecule has 1 N–H and O–H groups in total. The van der Waals surface area contributed by atoms with Gasteiger partial charge in [0.1, 0.15) is 6.54 Å². The van der Waals surface area contributed by atoms with Crippen molar-refractivity contribution in [1.29, 1.82) is 0 Å². The number of rotatable bonds is 3. The summed E-state index contributed by atoms with van der Waals surface area (Å²) < 4.78 is 1.98. The molecular weight excluding hydrogens is 264 g/mol. The number of nitrogens with zero attached hydrogens (tertiary/aromatic N) is 2. The Labute approximate surface area is 125 Å². The second-order valence-electron chi connectivity index (χ2n) is 6.40. The second-order valence-corrected chi connectivity index (χ2v) is 6.40. The Kier molecular flexibility index (Phi) is 3.49. The van der Waals surface area contributed by atoms with Crippen molar-refractivity contribution >= 4 is 16.8 Å². The summed E-state index contributed by atoms with van der Waals surface area (Å²) in [6, 6.07) is 10.0. The lowest BCUT2D eigenvalue weighted by Gasteiger charge is -2.34. The maximum absolute atomic E-state index is 12.6. The first-order valence-electron chi connectivity index (χ1n) is 7.52. The fourth-order valence-electron chi connectivity index (χ4n) is 3.31. The highest BCUT2D eigenvalue weighted by Gasteiger charge is 2.38. The van der Waals surface area contributed by atoms with Gasteiger partial charge in [0.25, 0.3) is 0 Å². The average Bonchev–Trinajstić information content (AvgIpc) is 3.05. The first kappa shape index (κ1) is 14.1. The van der Waals surface area contributed by atoms with E-state index in [4.69, 9.17) is 0 Å². The van der Waals surface area contributed by atoms with Crippen LogP contribution >= 0.6 is 0 Å². The van der Waals surface area contributed by atoms with E-state index in [0.717, 1.165) is 30.3 Å². The van der Waals surface area contributed by atoms with Crippen LogP contribution in [0.15, 0.2) is 36.5 Å². The smallest absolute Gasteiger partial charge is 0.242 e. The number of carbonyl (C=O) groups is 1. The maximum Gasteiger partial charge on any atom is 0.242 e.